The molecule has 1 aliphatic rings. The molecule has 1 heterocycles. The zero-order valence-electron chi connectivity index (χ0n) is 11.1. The summed E-state index contributed by atoms with van der Waals surface area (Å²) in [5.74, 6) is 0.472. The molecule has 1 aromatic rings. The van der Waals surface area contributed by atoms with Crippen molar-refractivity contribution >= 4 is 5.97 Å². The van der Waals surface area contributed by atoms with Crippen LogP contribution in [0.25, 0.3) is 0 Å². The second-order valence-corrected chi connectivity index (χ2v) is 5.27. The second-order valence-electron chi connectivity index (χ2n) is 5.27. The topological polar surface area (TPSA) is 38.3 Å². The Morgan fingerprint density at radius 1 is 1.33 bits per heavy atom. The Kier molecular flexibility index (Phi) is 4.37. The second kappa shape index (κ2) is 6.01. The van der Waals surface area contributed by atoms with E-state index in [0.717, 1.165) is 12.8 Å². The minimum absolute atomic E-state index is 0.111. The molecular weight excluding hydrogens is 226 g/mol. The van der Waals surface area contributed by atoms with Crippen LogP contribution in [0.15, 0.2) is 30.3 Å². The van der Waals surface area contributed by atoms with Gasteiger partial charge in [-0.25, -0.2) is 0 Å². The molecule has 0 bridgehead atoms. The zero-order chi connectivity index (χ0) is 13.0. The summed E-state index contributed by atoms with van der Waals surface area (Å²) in [6.45, 7) is 4.94. The van der Waals surface area contributed by atoms with E-state index in [0.29, 0.717) is 12.5 Å². The van der Waals surface area contributed by atoms with Gasteiger partial charge in [0.15, 0.2) is 0 Å². The van der Waals surface area contributed by atoms with E-state index < -0.39 is 0 Å². The highest BCUT2D eigenvalue weighted by molar-refractivity contribution is 5.77. The Hall–Kier alpha value is -1.35. The third kappa shape index (κ3) is 3.33. The predicted octanol–water partition coefficient (Wildman–Crippen LogP) is 2.68. The number of rotatable bonds is 5. The lowest BCUT2D eigenvalue weighted by atomic mass is 9.96. The van der Waals surface area contributed by atoms with Gasteiger partial charge >= 0.3 is 5.97 Å². The van der Waals surface area contributed by atoms with Crippen LogP contribution < -0.4 is 5.32 Å². The first-order valence-electron chi connectivity index (χ1n) is 6.64. The molecule has 1 aliphatic heterocycles. The van der Waals surface area contributed by atoms with Gasteiger partial charge in [-0.05, 0) is 17.9 Å². The summed E-state index contributed by atoms with van der Waals surface area (Å²) in [4.78, 5) is 11.5. The monoisotopic (exact) mass is 247 g/mol. The molecule has 0 amide bonds. The van der Waals surface area contributed by atoms with Gasteiger partial charge in [-0.2, -0.15) is 0 Å². The van der Waals surface area contributed by atoms with E-state index in [1.54, 1.807) is 0 Å². The molecule has 0 radical (unpaired) electrons. The minimum atomic E-state index is -0.144. The molecule has 18 heavy (non-hydrogen) atoms. The largest absolute Gasteiger partial charge is 0.464 e. The zero-order valence-corrected chi connectivity index (χ0v) is 11.1. The molecule has 3 nitrogen and oxygen atoms in total. The maximum Gasteiger partial charge on any atom is 0.323 e. The average molecular weight is 247 g/mol. The number of carbonyl (C=O) groups excluding carboxylic acids is 1. The molecule has 2 unspecified atom stereocenters. The van der Waals surface area contributed by atoms with Gasteiger partial charge in [0.05, 0.1) is 6.61 Å². The first kappa shape index (κ1) is 13.1. The number of cyclic esters (lactones) is 1. The van der Waals surface area contributed by atoms with Crippen molar-refractivity contribution < 1.29 is 9.53 Å². The number of benzene rings is 1. The van der Waals surface area contributed by atoms with Gasteiger partial charge < -0.3 is 4.74 Å². The van der Waals surface area contributed by atoms with E-state index in [4.69, 9.17) is 4.74 Å². The molecule has 0 aliphatic carbocycles. The fourth-order valence-electron chi connectivity index (χ4n) is 2.35. The number of nitrogens with one attached hydrogen (secondary N) is 1. The maximum atomic E-state index is 11.5. The van der Waals surface area contributed by atoms with Crippen molar-refractivity contribution in [1.29, 1.82) is 0 Å². The van der Waals surface area contributed by atoms with E-state index in [1.807, 2.05) is 18.2 Å². The van der Waals surface area contributed by atoms with E-state index in [-0.39, 0.29) is 18.1 Å². The molecule has 0 spiro atoms. The van der Waals surface area contributed by atoms with Crippen molar-refractivity contribution in [2.24, 2.45) is 5.92 Å². The van der Waals surface area contributed by atoms with Crippen LogP contribution in [0.5, 0.6) is 0 Å². The van der Waals surface area contributed by atoms with Crippen molar-refractivity contribution in [3.63, 3.8) is 0 Å². The number of hydrogen-bond donors (Lipinski definition) is 1. The molecule has 1 N–H and O–H groups in total. The molecule has 2 atom stereocenters. The first-order chi connectivity index (χ1) is 8.66. The van der Waals surface area contributed by atoms with Crippen molar-refractivity contribution in [2.45, 2.75) is 38.8 Å². The van der Waals surface area contributed by atoms with Crippen molar-refractivity contribution in [3.05, 3.63) is 35.9 Å². The summed E-state index contributed by atoms with van der Waals surface area (Å²) >= 11 is 0. The van der Waals surface area contributed by atoms with Crippen LogP contribution in [0.3, 0.4) is 0 Å². The Balaban J connectivity index is 2.08. The van der Waals surface area contributed by atoms with Gasteiger partial charge in [0, 0.05) is 12.5 Å². The fourth-order valence-corrected chi connectivity index (χ4v) is 2.35. The van der Waals surface area contributed by atoms with Gasteiger partial charge in [-0.1, -0.05) is 44.2 Å². The molecule has 1 fully saturated rings. The standard InChI is InChI=1S/C15H21NO2/c1-11(2)10-14(12-6-4-3-5-7-12)16-13-8-9-18-15(13)17/h3-7,11,13-14,16H,8-10H2,1-2H3. The molecule has 1 aromatic carbocycles. The Morgan fingerprint density at radius 2 is 2.06 bits per heavy atom. The predicted molar refractivity (Wildman–Crippen MR) is 71.1 cm³/mol. The molecule has 0 saturated carbocycles. The summed E-state index contributed by atoms with van der Waals surface area (Å²) < 4.78 is 5.01. The van der Waals surface area contributed by atoms with Gasteiger partial charge in [0.25, 0.3) is 0 Å². The quantitative estimate of drug-likeness (QED) is 0.813. The number of ether oxygens (including phenoxy) is 1. The number of carbonyl (C=O) groups is 1. The highest BCUT2D eigenvalue weighted by atomic mass is 16.5. The fraction of sp³-hybridized carbons (Fsp3) is 0.533. The van der Waals surface area contributed by atoms with Crippen LogP contribution >= 0.6 is 0 Å². The van der Waals surface area contributed by atoms with Gasteiger partial charge in [-0.3, -0.25) is 10.1 Å². The van der Waals surface area contributed by atoms with Crippen LogP contribution in [-0.2, 0) is 9.53 Å². The number of esters is 1. The van der Waals surface area contributed by atoms with Crippen molar-refractivity contribution in [1.82, 2.24) is 5.32 Å². The lowest BCUT2D eigenvalue weighted by molar-refractivity contribution is -0.139. The van der Waals surface area contributed by atoms with Crippen LogP contribution in [0, 0.1) is 5.92 Å². The third-order valence-corrected chi connectivity index (χ3v) is 3.25. The molecular formula is C15H21NO2. The van der Waals surface area contributed by atoms with Crippen molar-refractivity contribution in [2.75, 3.05) is 6.61 Å². The number of hydrogen-bond acceptors (Lipinski definition) is 3. The third-order valence-electron chi connectivity index (χ3n) is 3.25. The van der Waals surface area contributed by atoms with E-state index in [1.165, 1.54) is 5.56 Å². The molecule has 3 heteroatoms. The highest BCUT2D eigenvalue weighted by Crippen LogP contribution is 2.23. The van der Waals surface area contributed by atoms with E-state index >= 15 is 0 Å². The summed E-state index contributed by atoms with van der Waals surface area (Å²) in [6, 6.07) is 10.4. The normalized spacial score (nSPS) is 21.1. The average Bonchev–Trinajstić information content (AvgIpc) is 2.75. The van der Waals surface area contributed by atoms with Crippen LogP contribution in [-0.4, -0.2) is 18.6 Å². The van der Waals surface area contributed by atoms with Gasteiger partial charge in [-0.15, -0.1) is 0 Å². The Morgan fingerprint density at radius 3 is 2.61 bits per heavy atom. The van der Waals surface area contributed by atoms with Crippen LogP contribution in [0.4, 0.5) is 0 Å². The van der Waals surface area contributed by atoms with Gasteiger partial charge in [0.1, 0.15) is 6.04 Å². The summed E-state index contributed by atoms with van der Waals surface area (Å²) in [5.41, 5.74) is 1.24. The maximum absolute atomic E-state index is 11.5. The first-order valence-corrected chi connectivity index (χ1v) is 6.64. The minimum Gasteiger partial charge on any atom is -0.464 e. The Bertz CT molecular complexity index is 389. The van der Waals surface area contributed by atoms with Gasteiger partial charge in [0.2, 0.25) is 0 Å². The highest BCUT2D eigenvalue weighted by Gasteiger charge is 2.29. The molecule has 98 valence electrons. The SMILES string of the molecule is CC(C)CC(NC1CCOC1=O)c1ccccc1. The van der Waals surface area contributed by atoms with Crippen molar-refractivity contribution in [3.8, 4) is 0 Å². The lowest BCUT2D eigenvalue weighted by Crippen LogP contribution is -2.36. The molecule has 0 aromatic heterocycles. The van der Waals surface area contributed by atoms with E-state index in [9.17, 15) is 4.79 Å². The summed E-state index contributed by atoms with van der Waals surface area (Å²) in [7, 11) is 0. The Labute approximate surface area is 109 Å². The smallest absolute Gasteiger partial charge is 0.323 e. The van der Waals surface area contributed by atoms with E-state index in [2.05, 4.69) is 31.3 Å². The summed E-state index contributed by atoms with van der Waals surface area (Å²) in [6.07, 6.45) is 1.80. The lowest BCUT2D eigenvalue weighted by Gasteiger charge is -2.23. The summed E-state index contributed by atoms with van der Waals surface area (Å²) in [5, 5.41) is 3.44. The van der Waals surface area contributed by atoms with Crippen LogP contribution in [0.2, 0.25) is 0 Å². The molecule has 1 saturated heterocycles. The molecule has 2 rings (SSSR count). The van der Waals surface area contributed by atoms with Crippen LogP contribution in [0.1, 0.15) is 38.3 Å².